The molecular weight excluding hydrogens is 74.3 g/mol. The summed E-state index contributed by atoms with van der Waals surface area (Å²) in [5, 5.41) is 0. The molecule has 0 spiro atoms. The van der Waals surface area contributed by atoms with Crippen LogP contribution in [0.2, 0.25) is 0 Å². The predicted octanol–water partition coefficient (Wildman–Crippen LogP) is 0.0346. The highest BCUT2D eigenvalue weighted by atomic mass is 35.5. The van der Waals surface area contributed by atoms with Crippen LogP contribution in [-0.2, 0) is 4.79 Å². The zero-order valence-corrected chi connectivity index (χ0v) is 2.70. The van der Waals surface area contributed by atoms with Crippen molar-refractivity contribution in [2.45, 2.75) is 0 Å². The van der Waals surface area contributed by atoms with Gasteiger partial charge in [-0.05, 0) is 0 Å². The molecule has 0 heterocycles. The Morgan fingerprint density at radius 2 is 2.25 bits per heavy atom. The number of hydrogen-bond donors (Lipinski definition) is 0. The molecule has 4 heavy (non-hydrogen) atoms. The lowest BCUT2D eigenvalue weighted by molar-refractivity contribution is 0.569. The number of carbonyl (C=O) groups is 1. The Bertz CT molecular complexity index is 22.0. The number of carbonyl (C=O) groups excluding carboxylic acids is 1. The summed E-state index contributed by atoms with van der Waals surface area (Å²) < 4.78 is 0. The van der Waals surface area contributed by atoms with Gasteiger partial charge in [0.1, 0.15) is 0 Å². The van der Waals surface area contributed by atoms with Gasteiger partial charge in [-0.25, -0.2) is 0 Å². The highest BCUT2D eigenvalue weighted by molar-refractivity contribution is 7.08. The minimum atomic E-state index is 0.515. The number of rotatable bonds is 1. The molecule has 0 aromatic carbocycles. The van der Waals surface area contributed by atoms with Crippen LogP contribution in [0.1, 0.15) is 0 Å². The van der Waals surface area contributed by atoms with Crippen LogP contribution in [0, 0.1) is 0 Å². The third-order valence-corrected chi connectivity index (χ3v) is 0.154. The molecule has 0 amide bonds. The summed E-state index contributed by atoms with van der Waals surface area (Å²) >= 11 is 4.69. The Morgan fingerprint density at radius 3 is 2.25 bits per heavy atom. The van der Waals surface area contributed by atoms with E-state index in [1.165, 1.54) is 0 Å². The number of halogens is 1. The van der Waals surface area contributed by atoms with Gasteiger partial charge < -0.3 is 4.79 Å². The SMILES string of the molecule is O=C[B]Cl. The van der Waals surface area contributed by atoms with Gasteiger partial charge in [0.2, 0.25) is 0 Å². The van der Waals surface area contributed by atoms with Crippen molar-refractivity contribution in [2.24, 2.45) is 0 Å². The normalized spacial score (nSPS) is 5.25. The van der Waals surface area contributed by atoms with Gasteiger partial charge in [0.25, 0.3) is 0 Å². The van der Waals surface area contributed by atoms with Crippen LogP contribution in [0.25, 0.3) is 0 Å². The first kappa shape index (κ1) is 4.02. The molecule has 3 heteroatoms. The Labute approximate surface area is 30.1 Å². The van der Waals surface area contributed by atoms with E-state index in [4.69, 9.17) is 16.3 Å². The monoisotopic (exact) mass is 75.0 g/mol. The van der Waals surface area contributed by atoms with Crippen LogP contribution in [0.5, 0.6) is 0 Å². The summed E-state index contributed by atoms with van der Waals surface area (Å²) in [7, 11) is 0. The van der Waals surface area contributed by atoms with Gasteiger partial charge in [-0.3, -0.25) is 0 Å². The second kappa shape index (κ2) is 3.02. The summed E-state index contributed by atoms with van der Waals surface area (Å²) in [6.45, 7) is 0.917. The predicted molar refractivity (Wildman–Crippen MR) is 18.4 cm³/mol. The molecule has 0 rings (SSSR count). The molecule has 0 fully saturated rings. The van der Waals surface area contributed by atoms with Gasteiger partial charge in [0.05, 0.1) is 6.19 Å². The van der Waals surface area contributed by atoms with E-state index in [1.807, 2.05) is 0 Å². The fourth-order valence-corrected chi connectivity index (χ4v) is 0. The van der Waals surface area contributed by atoms with Crippen LogP contribution in [-0.4, -0.2) is 12.9 Å². The van der Waals surface area contributed by atoms with E-state index >= 15 is 0 Å². The quantitative estimate of drug-likeness (QED) is 0.317. The zero-order valence-electron chi connectivity index (χ0n) is 1.94. The lowest BCUT2D eigenvalue weighted by Crippen LogP contribution is -1.70. The van der Waals surface area contributed by atoms with Crippen LogP contribution in [0.3, 0.4) is 0 Å². The maximum atomic E-state index is 8.99. The second-order valence-corrected chi connectivity index (χ2v) is 0.514. The van der Waals surface area contributed by atoms with Gasteiger partial charge in [-0.1, -0.05) is 0 Å². The lowest BCUT2D eigenvalue weighted by Gasteiger charge is -1.43. The molecule has 0 aliphatic heterocycles. The molecule has 0 aliphatic carbocycles. The van der Waals surface area contributed by atoms with E-state index in [-0.39, 0.29) is 0 Å². The fraction of sp³-hybridized carbons (Fsp3) is 0. The van der Waals surface area contributed by atoms with Crippen molar-refractivity contribution in [2.75, 3.05) is 0 Å². The Morgan fingerprint density at radius 1 is 2.00 bits per heavy atom. The fourth-order valence-electron chi connectivity index (χ4n) is 0. The van der Waals surface area contributed by atoms with Crippen molar-refractivity contribution in [1.29, 1.82) is 0 Å². The molecule has 0 aromatic heterocycles. The van der Waals surface area contributed by atoms with Gasteiger partial charge >= 0.3 is 6.69 Å². The minimum absolute atomic E-state index is 0.515. The van der Waals surface area contributed by atoms with E-state index in [0.29, 0.717) is 6.19 Å². The molecule has 0 aromatic rings. The smallest absolute Gasteiger partial charge is 0.314 e. The molecule has 0 atom stereocenters. The molecule has 0 aliphatic rings. The van der Waals surface area contributed by atoms with E-state index in [9.17, 15) is 0 Å². The van der Waals surface area contributed by atoms with E-state index in [2.05, 4.69) is 0 Å². The first-order chi connectivity index (χ1) is 1.91. The molecule has 0 bridgehead atoms. The lowest BCUT2D eigenvalue weighted by atomic mass is 10.2. The molecule has 0 unspecified atom stereocenters. The van der Waals surface area contributed by atoms with Crippen molar-refractivity contribution < 1.29 is 4.79 Å². The van der Waals surface area contributed by atoms with Gasteiger partial charge in [-0.15, -0.1) is 0 Å². The molecule has 0 saturated heterocycles. The van der Waals surface area contributed by atoms with Gasteiger partial charge in [-0.2, -0.15) is 11.5 Å². The number of hydrogen-bond acceptors (Lipinski definition) is 1. The maximum absolute atomic E-state index is 8.99. The van der Waals surface area contributed by atoms with Gasteiger partial charge in [0, 0.05) is 0 Å². The zero-order chi connectivity index (χ0) is 3.41. The van der Waals surface area contributed by atoms with E-state index in [0.717, 1.165) is 6.69 Å². The van der Waals surface area contributed by atoms with Crippen molar-refractivity contribution in [1.82, 2.24) is 0 Å². The van der Waals surface area contributed by atoms with Crippen molar-refractivity contribution in [3.8, 4) is 0 Å². The first-order valence-electron chi connectivity index (χ1n) is 0.787. The molecular formula is CHBClO. The summed E-state index contributed by atoms with van der Waals surface area (Å²) in [4.78, 5) is 8.99. The highest BCUT2D eigenvalue weighted by Gasteiger charge is 1.64. The Kier molecular flexibility index (Phi) is 3.04. The first-order valence-corrected chi connectivity index (χ1v) is 1.22. The summed E-state index contributed by atoms with van der Waals surface area (Å²) in [5.74, 6) is 0. The summed E-state index contributed by atoms with van der Waals surface area (Å²) in [5.41, 5.74) is 0. The summed E-state index contributed by atoms with van der Waals surface area (Å²) in [6.07, 6.45) is 0.515. The topological polar surface area (TPSA) is 17.1 Å². The van der Waals surface area contributed by atoms with Crippen LogP contribution < -0.4 is 0 Å². The Balaban J connectivity index is 2.30. The molecule has 21 valence electrons. The van der Waals surface area contributed by atoms with Crippen LogP contribution in [0.15, 0.2) is 0 Å². The van der Waals surface area contributed by atoms with Gasteiger partial charge in [0.15, 0.2) is 0 Å². The molecule has 0 N–H and O–H groups in total. The van der Waals surface area contributed by atoms with Crippen LogP contribution >= 0.6 is 11.5 Å². The van der Waals surface area contributed by atoms with Crippen molar-refractivity contribution in [3.63, 3.8) is 0 Å². The summed E-state index contributed by atoms with van der Waals surface area (Å²) in [6, 6.07) is 0. The largest absolute Gasteiger partial charge is 0.319 e. The maximum Gasteiger partial charge on any atom is 0.319 e. The molecule has 0 saturated carbocycles. The van der Waals surface area contributed by atoms with Crippen LogP contribution in [0.4, 0.5) is 0 Å². The third-order valence-electron chi connectivity index (χ3n) is 0.0514. The highest BCUT2D eigenvalue weighted by Crippen LogP contribution is 1.51. The van der Waals surface area contributed by atoms with E-state index in [1.54, 1.807) is 0 Å². The Hall–Kier alpha value is 0.0249. The molecule has 1 radical (unpaired) electrons. The van der Waals surface area contributed by atoms with Crippen molar-refractivity contribution in [3.05, 3.63) is 0 Å². The van der Waals surface area contributed by atoms with Crippen molar-refractivity contribution >= 4 is 24.3 Å². The molecule has 1 nitrogen and oxygen atoms in total. The van der Waals surface area contributed by atoms with E-state index < -0.39 is 0 Å². The minimum Gasteiger partial charge on any atom is -0.314 e. The average Bonchev–Trinajstić information content (AvgIpc) is 1.37. The standard InChI is InChI=1S/CHBClO/c3-2-1-4/h1H. The third kappa shape index (κ3) is 2.02. The second-order valence-electron chi connectivity index (χ2n) is 0.262. The average molecular weight is 75.3 g/mol.